The fourth-order valence-corrected chi connectivity index (χ4v) is 3.50. The summed E-state index contributed by atoms with van der Waals surface area (Å²) in [7, 11) is 0. The number of hydrogen-bond donors (Lipinski definition) is 0. The number of aromatic nitrogens is 2. The lowest BCUT2D eigenvalue weighted by molar-refractivity contribution is 0.305. The van der Waals surface area contributed by atoms with Crippen LogP contribution in [0.15, 0.2) is 58.4 Å². The van der Waals surface area contributed by atoms with Gasteiger partial charge in [0.2, 0.25) is 0 Å². The van der Waals surface area contributed by atoms with Crippen molar-refractivity contribution >= 4 is 22.9 Å². The van der Waals surface area contributed by atoms with Crippen LogP contribution < -0.4 is 4.74 Å². The first-order valence-corrected chi connectivity index (χ1v) is 9.72. The number of aryl methyl sites for hydroxylation is 2. The maximum atomic E-state index is 5.97. The molecule has 2 aromatic carbocycles. The van der Waals surface area contributed by atoms with Crippen LogP contribution in [-0.2, 0) is 6.61 Å². The van der Waals surface area contributed by atoms with Gasteiger partial charge in [0, 0.05) is 22.0 Å². The second-order valence-electron chi connectivity index (χ2n) is 6.25. The Labute approximate surface area is 166 Å². The number of ether oxygens (including phenoxy) is 1. The third kappa shape index (κ3) is 4.04. The highest BCUT2D eigenvalue weighted by Crippen LogP contribution is 2.28. The van der Waals surface area contributed by atoms with Crippen molar-refractivity contribution in [3.8, 4) is 28.5 Å². The zero-order valence-electron chi connectivity index (χ0n) is 14.9. The number of nitrogens with zero attached hydrogens (tertiary/aromatic N) is 2. The van der Waals surface area contributed by atoms with Gasteiger partial charge in [0.15, 0.2) is 5.76 Å². The molecule has 0 aliphatic heterocycles. The summed E-state index contributed by atoms with van der Waals surface area (Å²) in [4.78, 5) is 4.58. The van der Waals surface area contributed by atoms with Gasteiger partial charge < -0.3 is 9.26 Å². The van der Waals surface area contributed by atoms with Gasteiger partial charge >= 0.3 is 0 Å². The van der Waals surface area contributed by atoms with Crippen LogP contribution in [-0.4, -0.2) is 10.1 Å². The van der Waals surface area contributed by atoms with Crippen molar-refractivity contribution in [3.63, 3.8) is 0 Å². The molecular weight excluding hydrogens is 380 g/mol. The normalized spacial score (nSPS) is 10.9. The molecule has 27 heavy (non-hydrogen) atoms. The van der Waals surface area contributed by atoms with E-state index in [1.54, 1.807) is 6.07 Å². The number of halogens is 1. The maximum Gasteiger partial charge on any atom is 0.186 e. The zero-order chi connectivity index (χ0) is 18.8. The average Bonchev–Trinajstić information content (AvgIpc) is 3.31. The Kier molecular flexibility index (Phi) is 4.97. The van der Waals surface area contributed by atoms with E-state index in [9.17, 15) is 0 Å². The molecule has 0 N–H and O–H groups in total. The molecular formula is C21H17ClN2O2S. The van der Waals surface area contributed by atoms with E-state index in [0.717, 1.165) is 27.7 Å². The first-order chi connectivity index (χ1) is 13.1. The van der Waals surface area contributed by atoms with E-state index in [0.29, 0.717) is 17.4 Å². The lowest BCUT2D eigenvalue weighted by Gasteiger charge is -2.03. The Hall–Kier alpha value is -2.63. The van der Waals surface area contributed by atoms with Crippen LogP contribution in [0.1, 0.15) is 16.1 Å². The van der Waals surface area contributed by atoms with Crippen LogP contribution in [0, 0.1) is 13.8 Å². The van der Waals surface area contributed by atoms with Crippen LogP contribution in [0.2, 0.25) is 5.02 Å². The second-order valence-corrected chi connectivity index (χ2v) is 7.63. The van der Waals surface area contributed by atoms with Crippen LogP contribution in [0.3, 0.4) is 0 Å². The lowest BCUT2D eigenvalue weighted by Crippen LogP contribution is -1.94. The minimum atomic E-state index is 0.378. The molecule has 4 aromatic rings. The fraction of sp³-hybridized carbons (Fsp3) is 0.143. The molecule has 0 radical (unpaired) electrons. The summed E-state index contributed by atoms with van der Waals surface area (Å²) >= 11 is 7.49. The molecule has 0 saturated carbocycles. The van der Waals surface area contributed by atoms with Crippen molar-refractivity contribution in [1.82, 2.24) is 10.1 Å². The summed E-state index contributed by atoms with van der Waals surface area (Å²) in [5, 5.41) is 7.64. The smallest absolute Gasteiger partial charge is 0.186 e. The summed E-state index contributed by atoms with van der Waals surface area (Å²) in [5.41, 5.74) is 5.08. The van der Waals surface area contributed by atoms with Gasteiger partial charge in [-0.15, -0.1) is 11.3 Å². The first-order valence-electron chi connectivity index (χ1n) is 8.46. The van der Waals surface area contributed by atoms with Crippen LogP contribution in [0.5, 0.6) is 5.75 Å². The van der Waals surface area contributed by atoms with Gasteiger partial charge in [-0.05, 0) is 49.2 Å². The largest absolute Gasteiger partial charge is 0.486 e. The summed E-state index contributed by atoms with van der Waals surface area (Å²) in [6.45, 7) is 4.56. The van der Waals surface area contributed by atoms with Gasteiger partial charge in [0.25, 0.3) is 0 Å². The highest BCUT2D eigenvalue weighted by molar-refractivity contribution is 7.09. The van der Waals surface area contributed by atoms with Crippen LogP contribution in [0.4, 0.5) is 0 Å². The standard InChI is InChI=1S/C21H17ClN2O2S/c1-13-6-7-15(8-14(13)2)18-10-20(26-24-18)19-12-27-21(23-19)11-25-17-5-3-4-16(22)9-17/h3-10,12H,11H2,1-2H3. The quantitative estimate of drug-likeness (QED) is 0.396. The molecule has 0 aliphatic carbocycles. The van der Waals surface area contributed by atoms with Crippen molar-refractivity contribution in [2.24, 2.45) is 0 Å². The molecule has 0 saturated heterocycles. The minimum Gasteiger partial charge on any atom is -0.486 e. The molecule has 0 bridgehead atoms. The molecule has 6 heteroatoms. The number of hydrogen-bond acceptors (Lipinski definition) is 5. The van der Waals surface area contributed by atoms with E-state index >= 15 is 0 Å². The highest BCUT2D eigenvalue weighted by Gasteiger charge is 2.13. The van der Waals surface area contributed by atoms with Crippen molar-refractivity contribution < 1.29 is 9.26 Å². The Morgan fingerprint density at radius 1 is 1.04 bits per heavy atom. The molecule has 2 heterocycles. The molecule has 4 nitrogen and oxygen atoms in total. The number of rotatable bonds is 5. The summed E-state index contributed by atoms with van der Waals surface area (Å²) in [6, 6.07) is 15.5. The van der Waals surface area contributed by atoms with E-state index in [2.05, 4.69) is 42.2 Å². The minimum absolute atomic E-state index is 0.378. The molecule has 0 unspecified atom stereocenters. The van der Waals surface area contributed by atoms with E-state index in [-0.39, 0.29) is 0 Å². The molecule has 136 valence electrons. The van der Waals surface area contributed by atoms with Crippen molar-refractivity contribution in [1.29, 1.82) is 0 Å². The van der Waals surface area contributed by atoms with E-state index in [1.807, 2.05) is 29.6 Å². The molecule has 2 aromatic heterocycles. The van der Waals surface area contributed by atoms with E-state index in [1.165, 1.54) is 22.5 Å². The van der Waals surface area contributed by atoms with E-state index in [4.69, 9.17) is 20.9 Å². The van der Waals surface area contributed by atoms with E-state index < -0.39 is 0 Å². The Bertz CT molecular complexity index is 1090. The van der Waals surface area contributed by atoms with Gasteiger partial charge in [-0.2, -0.15) is 0 Å². The molecule has 0 atom stereocenters. The summed E-state index contributed by atoms with van der Waals surface area (Å²) in [6.07, 6.45) is 0. The summed E-state index contributed by atoms with van der Waals surface area (Å²) in [5.74, 6) is 1.37. The topological polar surface area (TPSA) is 48.2 Å². The molecule has 0 spiro atoms. The fourth-order valence-electron chi connectivity index (χ4n) is 2.62. The maximum absolute atomic E-state index is 5.97. The molecule has 0 fully saturated rings. The molecule has 0 aliphatic rings. The van der Waals surface area contributed by atoms with Gasteiger partial charge in [-0.1, -0.05) is 35.0 Å². The predicted molar refractivity (Wildman–Crippen MR) is 108 cm³/mol. The van der Waals surface area contributed by atoms with Crippen LogP contribution in [0.25, 0.3) is 22.7 Å². The van der Waals surface area contributed by atoms with Crippen molar-refractivity contribution in [2.45, 2.75) is 20.5 Å². The Balaban J connectivity index is 1.48. The van der Waals surface area contributed by atoms with Gasteiger partial charge in [-0.25, -0.2) is 4.98 Å². The Morgan fingerprint density at radius 2 is 1.93 bits per heavy atom. The third-order valence-electron chi connectivity index (χ3n) is 4.28. The van der Waals surface area contributed by atoms with Gasteiger partial charge in [0.05, 0.1) is 0 Å². The Morgan fingerprint density at radius 3 is 2.74 bits per heavy atom. The third-order valence-corrected chi connectivity index (χ3v) is 5.33. The SMILES string of the molecule is Cc1ccc(-c2cc(-c3csc(COc4cccc(Cl)c4)n3)on2)cc1C. The number of thiazole rings is 1. The summed E-state index contributed by atoms with van der Waals surface area (Å²) < 4.78 is 11.2. The van der Waals surface area contributed by atoms with Crippen molar-refractivity contribution in [2.75, 3.05) is 0 Å². The molecule has 0 amide bonds. The monoisotopic (exact) mass is 396 g/mol. The first kappa shape index (κ1) is 17.8. The van der Waals surface area contributed by atoms with Gasteiger partial charge in [-0.3, -0.25) is 0 Å². The second kappa shape index (κ2) is 7.55. The predicted octanol–water partition coefficient (Wildman–Crippen LogP) is 6.31. The van der Waals surface area contributed by atoms with Crippen molar-refractivity contribution in [3.05, 3.63) is 75.1 Å². The average molecular weight is 397 g/mol. The molecule has 4 rings (SSSR count). The highest BCUT2D eigenvalue weighted by atomic mass is 35.5. The number of benzene rings is 2. The lowest BCUT2D eigenvalue weighted by atomic mass is 10.0. The van der Waals surface area contributed by atoms with Crippen LogP contribution >= 0.6 is 22.9 Å². The zero-order valence-corrected chi connectivity index (χ0v) is 16.5. The van der Waals surface area contributed by atoms with Gasteiger partial charge in [0.1, 0.15) is 28.8 Å².